The van der Waals surface area contributed by atoms with E-state index >= 15 is 0 Å². The Labute approximate surface area is 86.7 Å². The van der Waals surface area contributed by atoms with Crippen LogP contribution in [-0.2, 0) is 17.6 Å². The molecule has 1 aromatic rings. The van der Waals surface area contributed by atoms with Crippen molar-refractivity contribution in [1.82, 2.24) is 10.3 Å². The van der Waals surface area contributed by atoms with Crippen LogP contribution < -0.4 is 10.6 Å². The molecule has 1 amide bonds. The molecular formula is C9H13N3OS. The summed E-state index contributed by atoms with van der Waals surface area (Å²) in [5.74, 6) is -0.0490. The van der Waals surface area contributed by atoms with Crippen LogP contribution >= 0.6 is 11.3 Å². The zero-order chi connectivity index (χ0) is 9.97. The highest BCUT2D eigenvalue weighted by Gasteiger charge is 2.13. The number of anilines is 1. The van der Waals surface area contributed by atoms with Gasteiger partial charge in [-0.05, 0) is 6.42 Å². The standard InChI is InChI=1S/C9H13N3OS/c1-6(13)11-9-12-7-2-4-10-5-3-8(7)14-9/h10H,2-5H2,1H3,(H,11,12,13). The molecule has 2 heterocycles. The molecule has 0 saturated carbocycles. The quantitative estimate of drug-likeness (QED) is 0.722. The molecule has 76 valence electrons. The lowest BCUT2D eigenvalue weighted by molar-refractivity contribution is -0.114. The van der Waals surface area contributed by atoms with E-state index in [9.17, 15) is 4.79 Å². The van der Waals surface area contributed by atoms with E-state index in [0.717, 1.165) is 36.8 Å². The number of aromatic nitrogens is 1. The molecule has 0 aromatic carbocycles. The molecule has 0 unspecified atom stereocenters. The summed E-state index contributed by atoms with van der Waals surface area (Å²) in [6.07, 6.45) is 1.98. The fourth-order valence-corrected chi connectivity index (χ4v) is 2.57. The number of amides is 1. The molecule has 0 radical (unpaired) electrons. The van der Waals surface area contributed by atoms with Gasteiger partial charge in [-0.3, -0.25) is 4.79 Å². The Balaban J connectivity index is 2.18. The minimum Gasteiger partial charge on any atom is -0.316 e. The zero-order valence-corrected chi connectivity index (χ0v) is 8.91. The van der Waals surface area contributed by atoms with Crippen molar-refractivity contribution in [3.8, 4) is 0 Å². The summed E-state index contributed by atoms with van der Waals surface area (Å²) in [5, 5.41) is 6.79. The van der Waals surface area contributed by atoms with E-state index in [4.69, 9.17) is 0 Å². The first-order valence-electron chi connectivity index (χ1n) is 4.72. The highest BCUT2D eigenvalue weighted by Crippen LogP contribution is 2.24. The van der Waals surface area contributed by atoms with Crippen LogP contribution in [0.15, 0.2) is 0 Å². The summed E-state index contributed by atoms with van der Waals surface area (Å²) in [6.45, 7) is 3.50. The van der Waals surface area contributed by atoms with Crippen LogP contribution in [-0.4, -0.2) is 24.0 Å². The average molecular weight is 211 g/mol. The third kappa shape index (κ3) is 2.10. The second-order valence-electron chi connectivity index (χ2n) is 3.32. The molecule has 2 N–H and O–H groups in total. The van der Waals surface area contributed by atoms with Crippen LogP contribution in [0.25, 0.3) is 0 Å². The van der Waals surface area contributed by atoms with Gasteiger partial charge in [0.1, 0.15) is 0 Å². The Kier molecular flexibility index (Phi) is 2.79. The monoisotopic (exact) mass is 211 g/mol. The number of nitrogens with zero attached hydrogens (tertiary/aromatic N) is 1. The van der Waals surface area contributed by atoms with Gasteiger partial charge in [0.2, 0.25) is 5.91 Å². The highest BCUT2D eigenvalue weighted by atomic mass is 32.1. The van der Waals surface area contributed by atoms with Gasteiger partial charge in [0.15, 0.2) is 5.13 Å². The molecule has 5 heteroatoms. The molecule has 1 aromatic heterocycles. The molecule has 14 heavy (non-hydrogen) atoms. The van der Waals surface area contributed by atoms with Crippen LogP contribution in [0, 0.1) is 0 Å². The fraction of sp³-hybridized carbons (Fsp3) is 0.556. The molecule has 0 bridgehead atoms. The van der Waals surface area contributed by atoms with E-state index in [-0.39, 0.29) is 5.91 Å². The highest BCUT2D eigenvalue weighted by molar-refractivity contribution is 7.15. The number of carbonyl (C=O) groups is 1. The molecule has 4 nitrogen and oxygen atoms in total. The number of rotatable bonds is 1. The number of fused-ring (bicyclic) bond motifs is 1. The van der Waals surface area contributed by atoms with Gasteiger partial charge in [0, 0.05) is 31.3 Å². The molecule has 1 aliphatic heterocycles. The molecule has 0 fully saturated rings. The topological polar surface area (TPSA) is 54.0 Å². The minimum atomic E-state index is -0.0490. The first kappa shape index (κ1) is 9.61. The third-order valence-corrected chi connectivity index (χ3v) is 3.20. The van der Waals surface area contributed by atoms with Gasteiger partial charge in [-0.2, -0.15) is 0 Å². The molecular weight excluding hydrogens is 198 g/mol. The Morgan fingerprint density at radius 3 is 3.07 bits per heavy atom. The molecule has 0 atom stereocenters. The van der Waals surface area contributed by atoms with Gasteiger partial charge in [-0.1, -0.05) is 0 Å². The van der Waals surface area contributed by atoms with Crippen molar-refractivity contribution in [2.45, 2.75) is 19.8 Å². The zero-order valence-electron chi connectivity index (χ0n) is 8.09. The molecule has 0 aliphatic carbocycles. The van der Waals surface area contributed by atoms with Gasteiger partial charge in [-0.25, -0.2) is 4.98 Å². The van der Waals surface area contributed by atoms with Crippen LogP contribution in [0.2, 0.25) is 0 Å². The Morgan fingerprint density at radius 1 is 1.50 bits per heavy atom. The summed E-state index contributed by atoms with van der Waals surface area (Å²) in [5.41, 5.74) is 1.14. The first-order chi connectivity index (χ1) is 6.75. The lowest BCUT2D eigenvalue weighted by Gasteiger charge is -1.96. The second kappa shape index (κ2) is 4.06. The lowest BCUT2D eigenvalue weighted by Crippen LogP contribution is -2.16. The maximum Gasteiger partial charge on any atom is 0.223 e. The van der Waals surface area contributed by atoms with Crippen molar-refractivity contribution in [3.63, 3.8) is 0 Å². The summed E-state index contributed by atoms with van der Waals surface area (Å²) >= 11 is 1.59. The third-order valence-electron chi connectivity index (χ3n) is 2.13. The predicted molar refractivity (Wildman–Crippen MR) is 56.7 cm³/mol. The Morgan fingerprint density at radius 2 is 2.29 bits per heavy atom. The molecule has 0 spiro atoms. The molecule has 2 rings (SSSR count). The van der Waals surface area contributed by atoms with E-state index in [1.807, 2.05) is 0 Å². The number of carbonyl (C=O) groups excluding carboxylic acids is 1. The van der Waals surface area contributed by atoms with Gasteiger partial charge in [0.25, 0.3) is 0 Å². The van der Waals surface area contributed by atoms with E-state index < -0.39 is 0 Å². The number of thiazole rings is 1. The maximum absolute atomic E-state index is 10.8. The summed E-state index contributed by atoms with van der Waals surface area (Å²) in [4.78, 5) is 16.5. The van der Waals surface area contributed by atoms with Crippen molar-refractivity contribution >= 4 is 22.4 Å². The van der Waals surface area contributed by atoms with E-state index in [1.54, 1.807) is 11.3 Å². The number of nitrogens with one attached hydrogen (secondary N) is 2. The summed E-state index contributed by atoms with van der Waals surface area (Å²) < 4.78 is 0. The number of hydrogen-bond acceptors (Lipinski definition) is 4. The predicted octanol–water partition coefficient (Wildman–Crippen LogP) is 0.790. The molecule has 0 saturated heterocycles. The fourth-order valence-electron chi connectivity index (χ4n) is 1.51. The van der Waals surface area contributed by atoms with Gasteiger partial charge in [-0.15, -0.1) is 11.3 Å². The normalized spacial score (nSPS) is 15.8. The van der Waals surface area contributed by atoms with Crippen molar-refractivity contribution in [2.75, 3.05) is 18.4 Å². The van der Waals surface area contributed by atoms with E-state index in [0.29, 0.717) is 0 Å². The maximum atomic E-state index is 10.8. The Bertz CT molecular complexity index is 324. The average Bonchev–Trinajstić information content (AvgIpc) is 2.34. The van der Waals surface area contributed by atoms with Crippen LogP contribution in [0.1, 0.15) is 17.5 Å². The van der Waals surface area contributed by atoms with Crippen molar-refractivity contribution in [1.29, 1.82) is 0 Å². The van der Waals surface area contributed by atoms with Crippen LogP contribution in [0.4, 0.5) is 5.13 Å². The lowest BCUT2D eigenvalue weighted by atomic mass is 10.2. The van der Waals surface area contributed by atoms with E-state index in [2.05, 4.69) is 15.6 Å². The SMILES string of the molecule is CC(=O)Nc1nc2c(s1)CCNCC2. The van der Waals surface area contributed by atoms with Crippen molar-refractivity contribution < 1.29 is 4.79 Å². The Hall–Kier alpha value is -0.940. The minimum absolute atomic E-state index is 0.0490. The van der Waals surface area contributed by atoms with Gasteiger partial charge >= 0.3 is 0 Å². The second-order valence-corrected chi connectivity index (χ2v) is 4.40. The summed E-state index contributed by atoms with van der Waals surface area (Å²) in [6, 6.07) is 0. The van der Waals surface area contributed by atoms with Crippen molar-refractivity contribution in [3.05, 3.63) is 10.6 Å². The van der Waals surface area contributed by atoms with Gasteiger partial charge in [0.05, 0.1) is 5.69 Å². The van der Waals surface area contributed by atoms with Crippen molar-refractivity contribution in [2.24, 2.45) is 0 Å². The molecule has 1 aliphatic rings. The van der Waals surface area contributed by atoms with Crippen LogP contribution in [0.3, 0.4) is 0 Å². The smallest absolute Gasteiger partial charge is 0.223 e. The van der Waals surface area contributed by atoms with Gasteiger partial charge < -0.3 is 10.6 Å². The largest absolute Gasteiger partial charge is 0.316 e. The van der Waals surface area contributed by atoms with Crippen LogP contribution in [0.5, 0.6) is 0 Å². The number of hydrogen-bond donors (Lipinski definition) is 2. The first-order valence-corrected chi connectivity index (χ1v) is 5.54. The summed E-state index contributed by atoms with van der Waals surface area (Å²) in [7, 11) is 0. The van der Waals surface area contributed by atoms with E-state index in [1.165, 1.54) is 11.8 Å².